The van der Waals surface area contributed by atoms with Gasteiger partial charge >= 0.3 is 0 Å². The number of aryl methyl sites for hydroxylation is 1. The van der Waals surface area contributed by atoms with Crippen LogP contribution < -0.4 is 0 Å². The van der Waals surface area contributed by atoms with Crippen LogP contribution in [-0.2, 0) is 12.8 Å². The van der Waals surface area contributed by atoms with Gasteiger partial charge in [0.25, 0.3) is 0 Å². The molecule has 2 aromatic heterocycles. The molecule has 1 aromatic carbocycles. The number of halogens is 4. The largest absolute Gasteiger partial charge is 0.234 e. The Labute approximate surface area is 182 Å². The Morgan fingerprint density at radius 1 is 0.926 bits per heavy atom. The summed E-state index contributed by atoms with van der Waals surface area (Å²) >= 11 is 9.56. The first-order chi connectivity index (χ1) is 12.8. The van der Waals surface area contributed by atoms with Gasteiger partial charge in [0, 0.05) is 17.5 Å². The van der Waals surface area contributed by atoms with Crippen LogP contribution in [0.3, 0.4) is 0 Å². The molecule has 0 unspecified atom stereocenters. The zero-order chi connectivity index (χ0) is 19.7. The number of nitrogens with zero attached hydrogens (tertiary/aromatic N) is 2. The zero-order valence-corrected chi connectivity index (χ0v) is 19.9. The second-order valence-corrected chi connectivity index (χ2v) is 10.3. The van der Waals surface area contributed by atoms with Crippen LogP contribution in [0, 0.1) is 17.6 Å². The van der Waals surface area contributed by atoms with Gasteiger partial charge in [0.2, 0.25) is 0 Å². The molecular weight excluding hydrogens is 518 g/mol. The zero-order valence-electron chi connectivity index (χ0n) is 15.1. The minimum absolute atomic E-state index is 0.227. The molecule has 0 spiro atoms. The highest BCUT2D eigenvalue weighted by Crippen LogP contribution is 2.41. The van der Waals surface area contributed by atoms with E-state index in [9.17, 15) is 8.78 Å². The van der Waals surface area contributed by atoms with Crippen molar-refractivity contribution < 1.29 is 8.78 Å². The van der Waals surface area contributed by atoms with Crippen LogP contribution in [0.2, 0.25) is 0 Å². The summed E-state index contributed by atoms with van der Waals surface area (Å²) in [6, 6.07) is 2.51. The van der Waals surface area contributed by atoms with E-state index in [0.717, 1.165) is 29.3 Å². The van der Waals surface area contributed by atoms with Crippen LogP contribution in [0.25, 0.3) is 20.9 Å². The first-order valence-electron chi connectivity index (χ1n) is 8.60. The Morgan fingerprint density at radius 2 is 1.41 bits per heavy atom. The number of hydrogen-bond donors (Lipinski definition) is 0. The molecule has 3 rings (SSSR count). The van der Waals surface area contributed by atoms with Gasteiger partial charge in [-0.05, 0) is 62.8 Å². The highest BCUT2D eigenvalue weighted by Gasteiger charge is 2.21. The van der Waals surface area contributed by atoms with E-state index in [-0.39, 0.29) is 11.1 Å². The van der Waals surface area contributed by atoms with Crippen LogP contribution in [0.1, 0.15) is 37.2 Å². The van der Waals surface area contributed by atoms with Crippen LogP contribution in [0.15, 0.2) is 21.3 Å². The van der Waals surface area contributed by atoms with E-state index in [1.807, 2.05) is 0 Å². The van der Waals surface area contributed by atoms with Crippen LogP contribution in [0.4, 0.5) is 8.78 Å². The Hall–Kier alpha value is -0.700. The summed E-state index contributed by atoms with van der Waals surface area (Å²) in [5, 5.41) is 1.82. The van der Waals surface area contributed by atoms with Crippen molar-refractivity contribution in [1.29, 1.82) is 0 Å². The van der Waals surface area contributed by atoms with Crippen LogP contribution in [0.5, 0.6) is 0 Å². The van der Waals surface area contributed by atoms with Gasteiger partial charge in [-0.25, -0.2) is 18.7 Å². The molecule has 0 radical (unpaired) electrons. The van der Waals surface area contributed by atoms with Crippen molar-refractivity contribution in [3.63, 3.8) is 0 Å². The Bertz CT molecular complexity index is 967. The predicted molar refractivity (Wildman–Crippen MR) is 117 cm³/mol. The fourth-order valence-corrected chi connectivity index (χ4v) is 6.51. The van der Waals surface area contributed by atoms with E-state index in [4.69, 9.17) is 0 Å². The van der Waals surface area contributed by atoms with E-state index in [2.05, 4.69) is 62.6 Å². The number of benzene rings is 1. The fourth-order valence-electron chi connectivity index (χ4n) is 2.67. The summed E-state index contributed by atoms with van der Waals surface area (Å²) in [6.07, 6.45) is 2.57. The lowest BCUT2D eigenvalue weighted by atomic mass is 10.1. The maximum Gasteiger partial charge on any atom is 0.132 e. The summed E-state index contributed by atoms with van der Waals surface area (Å²) in [4.78, 5) is 10.1. The lowest BCUT2D eigenvalue weighted by Gasteiger charge is -2.06. The molecular formula is C19H18Br2F2N2S2. The molecule has 0 aliphatic carbocycles. The molecule has 2 heterocycles. The standard InChI is InChI=1S/C19H18Br2F2N2S2/c1-4-5-14-24-18(20)16(26-14)10-7-13(23)11(8-12(10)22)17-19(21)25-15(27-17)6-9(2)3/h7-9H,4-6H2,1-3H3. The highest BCUT2D eigenvalue weighted by molar-refractivity contribution is 9.10. The molecule has 0 aliphatic heterocycles. The van der Waals surface area contributed by atoms with E-state index in [1.165, 1.54) is 34.8 Å². The first-order valence-corrected chi connectivity index (χ1v) is 11.8. The molecule has 0 saturated heterocycles. The summed E-state index contributed by atoms with van der Waals surface area (Å²) < 4.78 is 30.9. The molecule has 0 N–H and O–H groups in total. The molecule has 144 valence electrons. The second-order valence-electron chi connectivity index (χ2n) is 6.61. The molecule has 27 heavy (non-hydrogen) atoms. The van der Waals surface area contributed by atoms with Crippen molar-refractivity contribution in [2.24, 2.45) is 5.92 Å². The molecule has 0 bridgehead atoms. The maximum absolute atomic E-state index is 14.9. The molecule has 0 fully saturated rings. The highest BCUT2D eigenvalue weighted by atomic mass is 79.9. The van der Waals surface area contributed by atoms with Crippen LogP contribution >= 0.6 is 54.5 Å². The lowest BCUT2D eigenvalue weighted by Crippen LogP contribution is -1.91. The number of rotatable bonds is 6. The molecule has 0 amide bonds. The quantitative estimate of drug-likeness (QED) is 0.320. The minimum Gasteiger partial charge on any atom is -0.234 e. The summed E-state index contributed by atoms with van der Waals surface area (Å²) in [5.74, 6) is -0.491. The van der Waals surface area contributed by atoms with Crippen molar-refractivity contribution in [2.45, 2.75) is 40.0 Å². The topological polar surface area (TPSA) is 25.8 Å². The Morgan fingerprint density at radius 3 is 1.89 bits per heavy atom. The fraction of sp³-hybridized carbons (Fsp3) is 0.368. The number of thiazole rings is 2. The number of hydrogen-bond acceptors (Lipinski definition) is 4. The van der Waals surface area contributed by atoms with E-state index in [0.29, 0.717) is 24.9 Å². The first kappa shape index (κ1) is 21.0. The monoisotopic (exact) mass is 534 g/mol. The average Bonchev–Trinajstić information content (AvgIpc) is 3.11. The second kappa shape index (κ2) is 8.76. The van der Waals surface area contributed by atoms with E-state index in [1.54, 1.807) is 0 Å². The molecule has 2 nitrogen and oxygen atoms in total. The lowest BCUT2D eigenvalue weighted by molar-refractivity contribution is 0.606. The SMILES string of the molecule is CCCc1nc(Br)c(-c2cc(F)c(-c3sc(CC(C)C)nc3Br)cc2F)s1. The molecule has 0 atom stereocenters. The minimum atomic E-state index is -0.468. The Balaban J connectivity index is 2.02. The summed E-state index contributed by atoms with van der Waals surface area (Å²) in [7, 11) is 0. The smallest absolute Gasteiger partial charge is 0.132 e. The van der Waals surface area contributed by atoms with Gasteiger partial charge in [-0.1, -0.05) is 20.8 Å². The van der Waals surface area contributed by atoms with Gasteiger partial charge in [0.1, 0.15) is 20.8 Å². The van der Waals surface area contributed by atoms with Crippen molar-refractivity contribution >= 4 is 54.5 Å². The van der Waals surface area contributed by atoms with Crippen molar-refractivity contribution in [3.8, 4) is 20.9 Å². The molecule has 8 heteroatoms. The molecule has 3 aromatic rings. The van der Waals surface area contributed by atoms with Gasteiger partial charge in [0.05, 0.1) is 19.8 Å². The van der Waals surface area contributed by atoms with E-state index < -0.39 is 11.6 Å². The maximum atomic E-state index is 14.9. The van der Waals surface area contributed by atoms with Crippen molar-refractivity contribution in [3.05, 3.63) is 43.0 Å². The van der Waals surface area contributed by atoms with Gasteiger partial charge in [0.15, 0.2) is 0 Å². The molecule has 0 saturated carbocycles. The van der Waals surface area contributed by atoms with Gasteiger partial charge in [-0.15, -0.1) is 22.7 Å². The normalized spacial score (nSPS) is 11.6. The van der Waals surface area contributed by atoms with Gasteiger partial charge < -0.3 is 0 Å². The predicted octanol–water partition coefficient (Wildman–Crippen LogP) is 7.89. The molecule has 0 aliphatic rings. The third-order valence-electron chi connectivity index (χ3n) is 3.85. The Kier molecular flexibility index (Phi) is 6.82. The third kappa shape index (κ3) is 4.66. The van der Waals surface area contributed by atoms with Gasteiger partial charge in [-0.3, -0.25) is 0 Å². The van der Waals surface area contributed by atoms with Gasteiger partial charge in [-0.2, -0.15) is 0 Å². The summed E-state index contributed by atoms with van der Waals surface area (Å²) in [5.41, 5.74) is 0.455. The average molecular weight is 536 g/mol. The third-order valence-corrected chi connectivity index (χ3v) is 7.78. The summed E-state index contributed by atoms with van der Waals surface area (Å²) in [6.45, 7) is 6.26. The van der Waals surface area contributed by atoms with Crippen molar-refractivity contribution in [1.82, 2.24) is 9.97 Å². The van der Waals surface area contributed by atoms with Crippen molar-refractivity contribution in [2.75, 3.05) is 0 Å². The van der Waals surface area contributed by atoms with Crippen LogP contribution in [-0.4, -0.2) is 9.97 Å². The number of aromatic nitrogens is 2. The van der Waals surface area contributed by atoms with E-state index >= 15 is 0 Å².